The van der Waals surface area contributed by atoms with Gasteiger partial charge in [0.2, 0.25) is 0 Å². The van der Waals surface area contributed by atoms with Crippen molar-refractivity contribution in [1.82, 2.24) is 0 Å². The molecule has 0 radical (unpaired) electrons. The number of unbranched alkanes of at least 4 members (excludes halogenated alkanes) is 2. The van der Waals surface area contributed by atoms with Crippen LogP contribution in [0.3, 0.4) is 0 Å². The standard InChI is InChI=1S/C12H21F3O2S/c1-3-4-7-10(11(16)17-2)18-9-6-5-8-12(13,14)15/h10H,3-9H2,1-2H3. The number of methoxy groups -OCH3 is 1. The summed E-state index contributed by atoms with van der Waals surface area (Å²) in [6.07, 6.45) is -1.58. The van der Waals surface area contributed by atoms with Crippen molar-refractivity contribution in [2.24, 2.45) is 0 Å². The third kappa shape index (κ3) is 9.62. The number of ether oxygens (including phenoxy) is 1. The van der Waals surface area contributed by atoms with Crippen LogP contribution in [0.25, 0.3) is 0 Å². The lowest BCUT2D eigenvalue weighted by Gasteiger charge is -2.13. The zero-order valence-electron chi connectivity index (χ0n) is 10.9. The quantitative estimate of drug-likeness (QED) is 0.470. The second kappa shape index (κ2) is 9.53. The average molecular weight is 286 g/mol. The minimum absolute atomic E-state index is 0.123. The van der Waals surface area contributed by atoms with Gasteiger partial charge in [-0.1, -0.05) is 19.8 Å². The van der Waals surface area contributed by atoms with E-state index in [-0.39, 0.29) is 17.6 Å². The molecule has 0 amide bonds. The van der Waals surface area contributed by atoms with Gasteiger partial charge in [0.25, 0.3) is 0 Å². The van der Waals surface area contributed by atoms with E-state index in [1.54, 1.807) is 0 Å². The molecule has 0 aromatic rings. The fourth-order valence-corrected chi connectivity index (χ4v) is 2.66. The van der Waals surface area contributed by atoms with E-state index in [1.165, 1.54) is 18.9 Å². The van der Waals surface area contributed by atoms with Gasteiger partial charge in [-0.3, -0.25) is 4.79 Å². The number of carbonyl (C=O) groups is 1. The number of hydrogen-bond donors (Lipinski definition) is 0. The van der Waals surface area contributed by atoms with Crippen molar-refractivity contribution in [3.05, 3.63) is 0 Å². The van der Waals surface area contributed by atoms with E-state index in [9.17, 15) is 18.0 Å². The summed E-state index contributed by atoms with van der Waals surface area (Å²) in [5.41, 5.74) is 0. The van der Waals surface area contributed by atoms with Crippen LogP contribution in [-0.2, 0) is 9.53 Å². The zero-order valence-corrected chi connectivity index (χ0v) is 11.7. The van der Waals surface area contributed by atoms with Gasteiger partial charge < -0.3 is 4.74 Å². The smallest absolute Gasteiger partial charge is 0.389 e. The van der Waals surface area contributed by atoms with Crippen molar-refractivity contribution in [3.8, 4) is 0 Å². The van der Waals surface area contributed by atoms with Gasteiger partial charge in [0, 0.05) is 6.42 Å². The van der Waals surface area contributed by atoms with E-state index in [0.717, 1.165) is 19.3 Å². The van der Waals surface area contributed by atoms with Gasteiger partial charge in [-0.05, 0) is 25.0 Å². The number of carbonyl (C=O) groups excluding carboxylic acids is 1. The molecule has 0 aromatic heterocycles. The molecule has 0 heterocycles. The molecule has 0 saturated carbocycles. The van der Waals surface area contributed by atoms with E-state index in [1.807, 2.05) is 6.92 Å². The summed E-state index contributed by atoms with van der Waals surface area (Å²) in [4.78, 5) is 11.4. The van der Waals surface area contributed by atoms with Crippen LogP contribution in [0.15, 0.2) is 0 Å². The topological polar surface area (TPSA) is 26.3 Å². The Kier molecular flexibility index (Phi) is 9.32. The van der Waals surface area contributed by atoms with Crippen LogP contribution in [0.5, 0.6) is 0 Å². The number of halogens is 3. The zero-order chi connectivity index (χ0) is 14.0. The molecule has 0 aliphatic carbocycles. The molecule has 18 heavy (non-hydrogen) atoms. The van der Waals surface area contributed by atoms with Crippen LogP contribution in [0.2, 0.25) is 0 Å². The average Bonchev–Trinajstić information content (AvgIpc) is 2.30. The van der Waals surface area contributed by atoms with E-state index in [0.29, 0.717) is 12.2 Å². The summed E-state index contributed by atoms with van der Waals surface area (Å²) in [5, 5.41) is -0.235. The van der Waals surface area contributed by atoms with Crippen molar-refractivity contribution >= 4 is 17.7 Å². The second-order valence-electron chi connectivity index (χ2n) is 4.10. The Balaban J connectivity index is 3.79. The second-order valence-corrected chi connectivity index (χ2v) is 5.41. The van der Waals surface area contributed by atoms with E-state index in [2.05, 4.69) is 4.74 Å². The molecule has 0 saturated heterocycles. The number of hydrogen-bond acceptors (Lipinski definition) is 3. The van der Waals surface area contributed by atoms with Gasteiger partial charge in [-0.15, -0.1) is 11.8 Å². The van der Waals surface area contributed by atoms with E-state index < -0.39 is 12.6 Å². The molecule has 1 unspecified atom stereocenters. The maximum atomic E-state index is 11.9. The Bertz CT molecular complexity index is 232. The van der Waals surface area contributed by atoms with Crippen molar-refractivity contribution < 1.29 is 22.7 Å². The molecule has 0 fully saturated rings. The summed E-state index contributed by atoms with van der Waals surface area (Å²) in [6, 6.07) is 0. The lowest BCUT2D eigenvalue weighted by Crippen LogP contribution is -2.19. The summed E-state index contributed by atoms with van der Waals surface area (Å²) < 4.78 is 40.4. The first kappa shape index (κ1) is 17.6. The first-order valence-electron chi connectivity index (χ1n) is 6.17. The maximum Gasteiger partial charge on any atom is 0.389 e. The molecule has 0 bridgehead atoms. The SMILES string of the molecule is CCCCC(SCCCCC(F)(F)F)C(=O)OC. The Labute approximate surface area is 111 Å². The largest absolute Gasteiger partial charge is 0.468 e. The van der Waals surface area contributed by atoms with Gasteiger partial charge in [0.05, 0.1) is 7.11 Å². The molecular weight excluding hydrogens is 265 g/mol. The molecule has 0 aliphatic heterocycles. The third-order valence-corrected chi connectivity index (χ3v) is 3.81. The maximum absolute atomic E-state index is 11.9. The lowest BCUT2D eigenvalue weighted by molar-refractivity contribution is -0.140. The molecule has 1 atom stereocenters. The normalized spacial score (nSPS) is 13.4. The van der Waals surface area contributed by atoms with Gasteiger partial charge in [0.1, 0.15) is 5.25 Å². The monoisotopic (exact) mass is 286 g/mol. The van der Waals surface area contributed by atoms with Crippen LogP contribution >= 0.6 is 11.8 Å². The summed E-state index contributed by atoms with van der Waals surface area (Å²) >= 11 is 1.40. The van der Waals surface area contributed by atoms with Crippen LogP contribution in [0, 0.1) is 0 Å². The highest BCUT2D eigenvalue weighted by Crippen LogP contribution is 2.25. The lowest BCUT2D eigenvalue weighted by atomic mass is 10.2. The molecule has 6 heteroatoms. The third-order valence-electron chi connectivity index (χ3n) is 2.46. The van der Waals surface area contributed by atoms with Crippen molar-refractivity contribution in [3.63, 3.8) is 0 Å². The number of alkyl halides is 3. The molecule has 0 spiro atoms. The highest BCUT2D eigenvalue weighted by Gasteiger charge is 2.26. The van der Waals surface area contributed by atoms with Crippen LogP contribution in [-0.4, -0.2) is 30.3 Å². The first-order valence-corrected chi connectivity index (χ1v) is 7.21. The molecule has 0 aliphatic rings. The minimum Gasteiger partial charge on any atom is -0.468 e. The first-order chi connectivity index (χ1) is 8.40. The summed E-state index contributed by atoms with van der Waals surface area (Å²) in [6.45, 7) is 2.03. The molecule has 108 valence electrons. The minimum atomic E-state index is -4.07. The highest BCUT2D eigenvalue weighted by atomic mass is 32.2. The molecular formula is C12H21F3O2S. The Morgan fingerprint density at radius 2 is 1.94 bits per heavy atom. The van der Waals surface area contributed by atoms with Crippen LogP contribution < -0.4 is 0 Å². The van der Waals surface area contributed by atoms with Crippen molar-refractivity contribution in [2.75, 3.05) is 12.9 Å². The predicted octanol–water partition coefficient (Wildman–Crippen LogP) is 4.18. The Hall–Kier alpha value is -0.390. The molecule has 0 N–H and O–H groups in total. The summed E-state index contributed by atoms with van der Waals surface area (Å²) in [7, 11) is 1.34. The molecule has 0 aromatic carbocycles. The van der Waals surface area contributed by atoms with Crippen LogP contribution in [0.4, 0.5) is 13.2 Å². The highest BCUT2D eigenvalue weighted by molar-refractivity contribution is 8.00. The number of esters is 1. The van der Waals surface area contributed by atoms with Gasteiger partial charge >= 0.3 is 12.1 Å². The number of thioether (sulfide) groups is 1. The predicted molar refractivity (Wildman–Crippen MR) is 67.7 cm³/mol. The van der Waals surface area contributed by atoms with Crippen LogP contribution in [0.1, 0.15) is 45.4 Å². The fraction of sp³-hybridized carbons (Fsp3) is 0.917. The summed E-state index contributed by atoms with van der Waals surface area (Å²) in [5.74, 6) is 0.295. The molecule has 0 rings (SSSR count). The van der Waals surface area contributed by atoms with E-state index in [4.69, 9.17) is 0 Å². The van der Waals surface area contributed by atoms with Gasteiger partial charge in [-0.25, -0.2) is 0 Å². The van der Waals surface area contributed by atoms with Gasteiger partial charge in [0.15, 0.2) is 0 Å². The Morgan fingerprint density at radius 3 is 2.44 bits per heavy atom. The number of rotatable bonds is 9. The molecule has 2 nitrogen and oxygen atoms in total. The van der Waals surface area contributed by atoms with Gasteiger partial charge in [-0.2, -0.15) is 13.2 Å². The van der Waals surface area contributed by atoms with E-state index >= 15 is 0 Å². The fourth-order valence-electron chi connectivity index (χ4n) is 1.44. The van der Waals surface area contributed by atoms with Crippen molar-refractivity contribution in [1.29, 1.82) is 0 Å². The Morgan fingerprint density at radius 1 is 1.28 bits per heavy atom. The van der Waals surface area contributed by atoms with Crippen molar-refractivity contribution in [2.45, 2.75) is 56.9 Å².